The van der Waals surface area contributed by atoms with Crippen LogP contribution >= 0.6 is 11.3 Å². The fourth-order valence-corrected chi connectivity index (χ4v) is 3.75. The van der Waals surface area contributed by atoms with Gasteiger partial charge in [-0.1, -0.05) is 25.1 Å². The number of ether oxygens (including phenoxy) is 1. The Morgan fingerprint density at radius 3 is 3.05 bits per heavy atom. The monoisotopic (exact) mass is 303 g/mol. The molecule has 1 aromatic heterocycles. The van der Waals surface area contributed by atoms with E-state index in [4.69, 9.17) is 9.72 Å². The third-order valence-corrected chi connectivity index (χ3v) is 4.82. The summed E-state index contributed by atoms with van der Waals surface area (Å²) in [6.45, 7) is 5.51. The number of nitrogens with zero attached hydrogens (tertiary/aromatic N) is 2. The molecule has 0 saturated heterocycles. The molecule has 0 bridgehead atoms. The number of rotatable bonds is 4. The average molecular weight is 303 g/mol. The van der Waals surface area contributed by atoms with E-state index in [2.05, 4.69) is 29.3 Å². The second-order valence-corrected chi connectivity index (χ2v) is 6.19. The Morgan fingerprint density at radius 2 is 2.24 bits per heavy atom. The zero-order chi connectivity index (χ0) is 14.7. The van der Waals surface area contributed by atoms with Crippen LogP contribution in [-0.4, -0.2) is 25.2 Å². The third kappa shape index (κ3) is 3.04. The second-order valence-electron chi connectivity index (χ2n) is 5.13. The highest BCUT2D eigenvalue weighted by atomic mass is 32.1. The molecular formula is C16H21N3OS. The van der Waals surface area contributed by atoms with Crippen molar-refractivity contribution in [1.82, 2.24) is 10.3 Å². The number of thiazole rings is 1. The van der Waals surface area contributed by atoms with Crippen molar-refractivity contribution in [1.29, 1.82) is 0 Å². The molecule has 21 heavy (non-hydrogen) atoms. The van der Waals surface area contributed by atoms with Crippen LogP contribution in [0, 0.1) is 0 Å². The molecule has 2 heterocycles. The smallest absolute Gasteiger partial charge is 0.186 e. The summed E-state index contributed by atoms with van der Waals surface area (Å²) in [7, 11) is 1.98. The molecule has 0 unspecified atom stereocenters. The SMILES string of the molecule is CCc1nc(N2CCOc3ccccc3C2)sc1CNC. The van der Waals surface area contributed by atoms with Crippen molar-refractivity contribution in [2.24, 2.45) is 0 Å². The Bertz CT molecular complexity index is 611. The first-order valence-corrected chi connectivity index (χ1v) is 8.22. The normalized spacial score (nSPS) is 14.5. The highest BCUT2D eigenvalue weighted by Crippen LogP contribution is 2.31. The zero-order valence-electron chi connectivity index (χ0n) is 12.6. The van der Waals surface area contributed by atoms with Gasteiger partial charge in [-0.3, -0.25) is 0 Å². The van der Waals surface area contributed by atoms with E-state index in [1.165, 1.54) is 16.1 Å². The van der Waals surface area contributed by atoms with Crippen LogP contribution in [0.4, 0.5) is 5.13 Å². The third-order valence-electron chi connectivity index (χ3n) is 3.66. The standard InChI is InChI=1S/C16H21N3OS/c1-3-13-15(10-17-2)21-16(18-13)19-8-9-20-14-7-5-4-6-12(14)11-19/h4-7,17H,3,8-11H2,1-2H3. The molecule has 2 aromatic rings. The van der Waals surface area contributed by atoms with Gasteiger partial charge in [0.2, 0.25) is 0 Å². The van der Waals surface area contributed by atoms with Gasteiger partial charge in [-0.2, -0.15) is 0 Å². The molecule has 0 saturated carbocycles. The van der Waals surface area contributed by atoms with Gasteiger partial charge in [0, 0.05) is 23.5 Å². The summed E-state index contributed by atoms with van der Waals surface area (Å²) in [5.41, 5.74) is 2.45. The maximum Gasteiger partial charge on any atom is 0.186 e. The lowest BCUT2D eigenvalue weighted by Crippen LogP contribution is -2.25. The molecular weight excluding hydrogens is 282 g/mol. The van der Waals surface area contributed by atoms with Gasteiger partial charge >= 0.3 is 0 Å². The fraction of sp³-hybridized carbons (Fsp3) is 0.438. The summed E-state index contributed by atoms with van der Waals surface area (Å²) in [5, 5.41) is 4.34. The highest BCUT2D eigenvalue weighted by Gasteiger charge is 2.19. The first-order valence-electron chi connectivity index (χ1n) is 7.40. The number of hydrogen-bond acceptors (Lipinski definition) is 5. The molecule has 0 radical (unpaired) electrons. The van der Waals surface area contributed by atoms with E-state index < -0.39 is 0 Å². The van der Waals surface area contributed by atoms with Crippen molar-refractivity contribution in [3.05, 3.63) is 40.4 Å². The minimum absolute atomic E-state index is 0.708. The first kappa shape index (κ1) is 14.4. The molecule has 5 heteroatoms. The van der Waals surface area contributed by atoms with Crippen molar-refractivity contribution >= 4 is 16.5 Å². The van der Waals surface area contributed by atoms with Crippen LogP contribution in [0.3, 0.4) is 0 Å². The summed E-state index contributed by atoms with van der Waals surface area (Å²) in [6.07, 6.45) is 0.981. The van der Waals surface area contributed by atoms with E-state index in [1.807, 2.05) is 19.2 Å². The molecule has 1 aromatic carbocycles. The summed E-state index contributed by atoms with van der Waals surface area (Å²) >= 11 is 1.80. The fourth-order valence-electron chi connectivity index (χ4n) is 2.57. The first-order chi connectivity index (χ1) is 10.3. The van der Waals surface area contributed by atoms with Gasteiger partial charge in [0.15, 0.2) is 5.13 Å². The number of para-hydroxylation sites is 1. The molecule has 112 valence electrons. The number of aromatic nitrogens is 1. The van der Waals surface area contributed by atoms with Crippen molar-refractivity contribution < 1.29 is 4.74 Å². The number of hydrogen-bond donors (Lipinski definition) is 1. The second kappa shape index (κ2) is 6.45. The Labute approximate surface area is 129 Å². The lowest BCUT2D eigenvalue weighted by Gasteiger charge is -2.18. The topological polar surface area (TPSA) is 37.4 Å². The molecule has 4 nitrogen and oxygen atoms in total. The molecule has 1 aliphatic heterocycles. The summed E-state index contributed by atoms with van der Waals surface area (Å²) in [4.78, 5) is 8.50. The molecule has 0 atom stereocenters. The summed E-state index contributed by atoms with van der Waals surface area (Å²) in [5.74, 6) is 1.00. The minimum atomic E-state index is 0.708. The molecule has 0 spiro atoms. The molecule has 3 rings (SSSR count). The quantitative estimate of drug-likeness (QED) is 0.942. The van der Waals surface area contributed by atoms with Crippen LogP contribution in [-0.2, 0) is 19.5 Å². The highest BCUT2D eigenvalue weighted by molar-refractivity contribution is 7.15. The van der Waals surface area contributed by atoms with Crippen molar-refractivity contribution in [3.8, 4) is 5.75 Å². The van der Waals surface area contributed by atoms with Crippen molar-refractivity contribution in [2.45, 2.75) is 26.4 Å². The minimum Gasteiger partial charge on any atom is -0.491 e. The van der Waals surface area contributed by atoms with Gasteiger partial charge in [-0.15, -0.1) is 11.3 Å². The Morgan fingerprint density at radius 1 is 1.38 bits per heavy atom. The summed E-state index contributed by atoms with van der Waals surface area (Å²) < 4.78 is 5.83. The predicted octanol–water partition coefficient (Wildman–Crippen LogP) is 2.82. The number of nitrogens with one attached hydrogen (secondary N) is 1. The Kier molecular flexibility index (Phi) is 4.41. The Hall–Kier alpha value is -1.59. The van der Waals surface area contributed by atoms with Crippen molar-refractivity contribution in [3.63, 3.8) is 0 Å². The number of aryl methyl sites for hydroxylation is 1. The van der Waals surface area contributed by atoms with E-state index in [-0.39, 0.29) is 0 Å². The van der Waals surface area contributed by atoms with E-state index in [0.717, 1.165) is 36.9 Å². The van der Waals surface area contributed by atoms with Crippen LogP contribution in [0.5, 0.6) is 5.75 Å². The van der Waals surface area contributed by atoms with Gasteiger partial charge in [0.05, 0.1) is 12.2 Å². The number of benzene rings is 1. The van der Waals surface area contributed by atoms with Crippen LogP contribution in [0.15, 0.2) is 24.3 Å². The Balaban J connectivity index is 1.87. The summed E-state index contributed by atoms with van der Waals surface area (Å²) in [6, 6.07) is 8.27. The van der Waals surface area contributed by atoms with Gasteiger partial charge in [-0.25, -0.2) is 4.98 Å². The van der Waals surface area contributed by atoms with E-state index >= 15 is 0 Å². The van der Waals surface area contributed by atoms with Crippen molar-refractivity contribution in [2.75, 3.05) is 25.1 Å². The van der Waals surface area contributed by atoms with Gasteiger partial charge < -0.3 is 15.0 Å². The maximum absolute atomic E-state index is 5.83. The van der Waals surface area contributed by atoms with Crippen LogP contribution in [0.25, 0.3) is 0 Å². The molecule has 1 aliphatic rings. The zero-order valence-corrected chi connectivity index (χ0v) is 13.4. The predicted molar refractivity (Wildman–Crippen MR) is 87.2 cm³/mol. The van der Waals surface area contributed by atoms with Crippen LogP contribution in [0.1, 0.15) is 23.1 Å². The van der Waals surface area contributed by atoms with Gasteiger partial charge in [-0.05, 0) is 19.5 Å². The van der Waals surface area contributed by atoms with E-state index in [1.54, 1.807) is 11.3 Å². The molecule has 0 aliphatic carbocycles. The average Bonchev–Trinajstić information content (AvgIpc) is 2.78. The van der Waals surface area contributed by atoms with Crippen LogP contribution < -0.4 is 15.0 Å². The lowest BCUT2D eigenvalue weighted by atomic mass is 10.2. The number of anilines is 1. The van der Waals surface area contributed by atoms with Crippen LogP contribution in [0.2, 0.25) is 0 Å². The molecule has 0 fully saturated rings. The van der Waals surface area contributed by atoms with Gasteiger partial charge in [0.25, 0.3) is 0 Å². The van der Waals surface area contributed by atoms with Gasteiger partial charge in [0.1, 0.15) is 12.4 Å². The molecule has 0 amide bonds. The largest absolute Gasteiger partial charge is 0.491 e. The van der Waals surface area contributed by atoms with E-state index in [0.29, 0.717) is 6.61 Å². The molecule has 1 N–H and O–H groups in total. The maximum atomic E-state index is 5.83. The van der Waals surface area contributed by atoms with E-state index in [9.17, 15) is 0 Å². The lowest BCUT2D eigenvalue weighted by molar-refractivity contribution is 0.331. The number of fused-ring (bicyclic) bond motifs is 1.